The van der Waals surface area contributed by atoms with E-state index in [9.17, 15) is 30.8 Å². The van der Waals surface area contributed by atoms with E-state index >= 15 is 0 Å². The molecule has 0 aromatic heterocycles. The van der Waals surface area contributed by atoms with Crippen molar-refractivity contribution in [1.29, 1.82) is 0 Å². The number of esters is 1. The van der Waals surface area contributed by atoms with E-state index in [4.69, 9.17) is 4.55 Å². The van der Waals surface area contributed by atoms with Crippen LogP contribution in [0.4, 0.5) is 17.6 Å². The first kappa shape index (κ1) is 17.1. The van der Waals surface area contributed by atoms with E-state index < -0.39 is 33.4 Å². The molecule has 18 heavy (non-hydrogen) atoms. The summed E-state index contributed by atoms with van der Waals surface area (Å²) < 4.78 is 82.5. The van der Waals surface area contributed by atoms with Crippen LogP contribution < -0.4 is 0 Å². The van der Waals surface area contributed by atoms with Gasteiger partial charge in [0, 0.05) is 0 Å². The summed E-state index contributed by atoms with van der Waals surface area (Å²) in [6, 6.07) is 0. The monoisotopic (exact) mass is 296 g/mol. The molecule has 1 N–H and O–H groups in total. The van der Waals surface area contributed by atoms with E-state index in [1.807, 2.05) is 0 Å². The van der Waals surface area contributed by atoms with Crippen molar-refractivity contribution in [3.63, 3.8) is 0 Å². The lowest BCUT2D eigenvalue weighted by molar-refractivity contribution is -0.304. The lowest BCUT2D eigenvalue weighted by Gasteiger charge is -2.24. The fourth-order valence-corrected chi connectivity index (χ4v) is 1.38. The minimum atomic E-state index is -6.41. The van der Waals surface area contributed by atoms with Gasteiger partial charge >= 0.3 is 27.5 Å². The molecule has 0 rings (SSSR count). The van der Waals surface area contributed by atoms with Gasteiger partial charge in [-0.05, 0) is 12.8 Å². The van der Waals surface area contributed by atoms with Crippen LogP contribution in [0.3, 0.4) is 0 Å². The van der Waals surface area contributed by atoms with E-state index in [0.29, 0.717) is 0 Å². The van der Waals surface area contributed by atoms with Gasteiger partial charge in [0.25, 0.3) is 0 Å². The summed E-state index contributed by atoms with van der Waals surface area (Å²) >= 11 is 0. The molecule has 0 saturated carbocycles. The van der Waals surface area contributed by atoms with Crippen LogP contribution in [-0.2, 0) is 19.6 Å². The molecule has 0 aromatic carbocycles. The van der Waals surface area contributed by atoms with Gasteiger partial charge in [0.1, 0.15) is 0 Å². The number of hydrogen-bond acceptors (Lipinski definition) is 4. The van der Waals surface area contributed by atoms with Crippen LogP contribution in [0.15, 0.2) is 0 Å². The van der Waals surface area contributed by atoms with E-state index in [1.54, 1.807) is 0 Å². The minimum Gasteiger partial charge on any atom is -0.395 e. The molecule has 108 valence electrons. The Bertz CT molecular complexity index is 402. The predicted octanol–water partition coefficient (Wildman–Crippen LogP) is 2.04. The highest BCUT2D eigenvalue weighted by Gasteiger charge is 2.69. The average Bonchev–Trinajstić information content (AvgIpc) is 2.16. The normalized spacial score (nSPS) is 13.8. The van der Waals surface area contributed by atoms with Crippen molar-refractivity contribution in [3.8, 4) is 0 Å². The zero-order valence-electron chi connectivity index (χ0n) is 9.49. The van der Waals surface area contributed by atoms with Gasteiger partial charge in [-0.3, -0.25) is 9.35 Å². The summed E-state index contributed by atoms with van der Waals surface area (Å²) in [7, 11) is -6.41. The van der Waals surface area contributed by atoms with E-state index in [-0.39, 0.29) is 12.8 Å². The first-order valence-electron chi connectivity index (χ1n) is 4.86. The molecule has 0 heterocycles. The standard InChI is InChI=1S/C8H12F4O5S/c1-3-5(4-2)6(13)17-7(9,10)8(11,12)18(14,15)16/h5H,3-4H2,1-2H3,(H,14,15,16). The lowest BCUT2D eigenvalue weighted by atomic mass is 10.0. The van der Waals surface area contributed by atoms with E-state index in [0.717, 1.165) is 0 Å². The van der Waals surface area contributed by atoms with Crippen molar-refractivity contribution in [1.82, 2.24) is 0 Å². The Hall–Kier alpha value is -0.900. The third-order valence-corrected chi connectivity index (χ3v) is 3.10. The largest absolute Gasteiger partial charge is 0.485 e. The molecule has 10 heteroatoms. The van der Waals surface area contributed by atoms with Crippen molar-refractivity contribution < 1.29 is 40.1 Å². The maximum absolute atomic E-state index is 12.8. The molecule has 0 fully saturated rings. The van der Waals surface area contributed by atoms with Crippen molar-refractivity contribution in [3.05, 3.63) is 0 Å². The van der Waals surface area contributed by atoms with Gasteiger partial charge in [-0.2, -0.15) is 26.0 Å². The summed E-state index contributed by atoms with van der Waals surface area (Å²) in [5, 5.41) is -5.90. The molecule has 0 aromatic rings. The van der Waals surface area contributed by atoms with Gasteiger partial charge in [-0.1, -0.05) is 13.8 Å². The molecule has 0 saturated heterocycles. The molecule has 0 amide bonds. The number of carbonyl (C=O) groups is 1. The predicted molar refractivity (Wildman–Crippen MR) is 51.6 cm³/mol. The fraction of sp³-hybridized carbons (Fsp3) is 0.875. The number of alkyl halides is 4. The maximum atomic E-state index is 12.8. The Morgan fingerprint density at radius 3 is 1.89 bits per heavy atom. The number of rotatable bonds is 6. The SMILES string of the molecule is CCC(CC)C(=O)OC(F)(F)C(F)(F)S(=O)(=O)O. The molecular formula is C8H12F4O5S. The van der Waals surface area contributed by atoms with Crippen LogP contribution >= 0.6 is 0 Å². The molecule has 0 radical (unpaired) electrons. The topological polar surface area (TPSA) is 80.7 Å². The molecule has 0 unspecified atom stereocenters. The van der Waals surface area contributed by atoms with Crippen molar-refractivity contribution in [2.45, 2.75) is 38.1 Å². The highest BCUT2D eigenvalue weighted by atomic mass is 32.2. The lowest BCUT2D eigenvalue weighted by Crippen LogP contribution is -2.50. The minimum absolute atomic E-state index is 0.0584. The molecule has 5 nitrogen and oxygen atoms in total. The van der Waals surface area contributed by atoms with Crippen LogP contribution in [0.2, 0.25) is 0 Å². The fourth-order valence-electron chi connectivity index (χ4n) is 1.04. The molecule has 0 aliphatic heterocycles. The maximum Gasteiger partial charge on any atom is 0.485 e. The number of halogens is 4. The van der Waals surface area contributed by atoms with E-state index in [2.05, 4.69) is 4.74 Å². The van der Waals surface area contributed by atoms with Crippen LogP contribution in [0.25, 0.3) is 0 Å². The second kappa shape index (κ2) is 5.39. The highest BCUT2D eigenvalue weighted by Crippen LogP contribution is 2.39. The molecule has 0 spiro atoms. The Kier molecular flexibility index (Phi) is 5.12. The Labute approximate surface area is 101 Å². The molecule has 0 aliphatic carbocycles. The van der Waals surface area contributed by atoms with Crippen LogP contribution in [0, 0.1) is 5.92 Å². The van der Waals surface area contributed by atoms with Crippen LogP contribution in [0.5, 0.6) is 0 Å². The highest BCUT2D eigenvalue weighted by molar-refractivity contribution is 7.86. The van der Waals surface area contributed by atoms with Gasteiger partial charge < -0.3 is 4.74 Å². The Balaban J connectivity index is 5.14. The summed E-state index contributed by atoms with van der Waals surface area (Å²) in [6.45, 7) is 2.88. The zero-order chi connectivity index (χ0) is 14.8. The Morgan fingerprint density at radius 2 is 1.61 bits per heavy atom. The molecular weight excluding hydrogens is 284 g/mol. The zero-order valence-corrected chi connectivity index (χ0v) is 10.3. The summed E-state index contributed by atoms with van der Waals surface area (Å²) in [4.78, 5) is 11.1. The quantitative estimate of drug-likeness (QED) is 0.461. The first-order valence-corrected chi connectivity index (χ1v) is 6.30. The summed E-state index contributed by atoms with van der Waals surface area (Å²) in [5.74, 6) is -2.72. The van der Waals surface area contributed by atoms with Gasteiger partial charge in [0.05, 0.1) is 5.92 Å². The third-order valence-electron chi connectivity index (χ3n) is 2.21. The van der Waals surface area contributed by atoms with Crippen molar-refractivity contribution in [2.75, 3.05) is 0 Å². The third kappa shape index (κ3) is 3.31. The van der Waals surface area contributed by atoms with Crippen molar-refractivity contribution in [2.24, 2.45) is 5.92 Å². The first-order chi connectivity index (χ1) is 7.90. The smallest absolute Gasteiger partial charge is 0.395 e. The molecule has 0 atom stereocenters. The van der Waals surface area contributed by atoms with Gasteiger partial charge in [0.15, 0.2) is 0 Å². The van der Waals surface area contributed by atoms with Gasteiger partial charge in [-0.15, -0.1) is 0 Å². The van der Waals surface area contributed by atoms with Gasteiger partial charge in [0.2, 0.25) is 0 Å². The van der Waals surface area contributed by atoms with Crippen LogP contribution in [-0.4, -0.2) is 30.3 Å². The van der Waals surface area contributed by atoms with E-state index in [1.165, 1.54) is 13.8 Å². The average molecular weight is 296 g/mol. The number of hydrogen-bond donors (Lipinski definition) is 1. The van der Waals surface area contributed by atoms with Crippen LogP contribution in [0.1, 0.15) is 26.7 Å². The Morgan fingerprint density at radius 1 is 1.22 bits per heavy atom. The number of ether oxygens (including phenoxy) is 1. The second-order valence-corrected chi connectivity index (χ2v) is 4.91. The summed E-state index contributed by atoms with van der Waals surface area (Å²) in [5.41, 5.74) is 0. The second-order valence-electron chi connectivity index (χ2n) is 3.44. The molecule has 0 bridgehead atoms. The summed E-state index contributed by atoms with van der Waals surface area (Å²) in [6.07, 6.45) is -5.52. The number of carbonyl (C=O) groups excluding carboxylic acids is 1. The van der Waals surface area contributed by atoms with Gasteiger partial charge in [-0.25, -0.2) is 0 Å². The van der Waals surface area contributed by atoms with Crippen molar-refractivity contribution >= 4 is 16.1 Å². The molecule has 0 aliphatic rings.